The van der Waals surface area contributed by atoms with Crippen LogP contribution in [0.4, 0.5) is 0 Å². The minimum Gasteiger partial charge on any atom is -0.345 e. The van der Waals surface area contributed by atoms with Crippen LogP contribution in [0.3, 0.4) is 0 Å². The van der Waals surface area contributed by atoms with Gasteiger partial charge in [0.05, 0.1) is 0 Å². The number of carbonyl (C=O) groups is 1. The van der Waals surface area contributed by atoms with E-state index in [1.807, 2.05) is 11.9 Å². The van der Waals surface area contributed by atoms with E-state index in [9.17, 15) is 4.79 Å². The lowest BCUT2D eigenvalue weighted by Gasteiger charge is -2.47. The molecule has 3 heteroatoms. The molecular formula is C18H34N2O. The van der Waals surface area contributed by atoms with E-state index in [1.54, 1.807) is 0 Å². The Morgan fingerprint density at radius 1 is 1.14 bits per heavy atom. The van der Waals surface area contributed by atoms with E-state index >= 15 is 0 Å². The van der Waals surface area contributed by atoms with E-state index in [-0.39, 0.29) is 17.4 Å². The smallest absolute Gasteiger partial charge is 0.225 e. The number of rotatable bonds is 3. The molecule has 3 nitrogen and oxygen atoms in total. The minimum atomic E-state index is 0.00950. The monoisotopic (exact) mass is 294 g/mol. The van der Waals surface area contributed by atoms with E-state index < -0.39 is 0 Å². The zero-order valence-corrected chi connectivity index (χ0v) is 14.4. The summed E-state index contributed by atoms with van der Waals surface area (Å²) in [4.78, 5) is 14.9. The van der Waals surface area contributed by atoms with Crippen LogP contribution in [0.2, 0.25) is 0 Å². The third-order valence-corrected chi connectivity index (χ3v) is 6.43. The average Bonchev–Trinajstić information content (AvgIpc) is 2.45. The zero-order valence-electron chi connectivity index (χ0n) is 14.4. The molecule has 122 valence electrons. The Bertz CT molecular complexity index is 360. The first-order valence-electron chi connectivity index (χ1n) is 8.84. The first-order chi connectivity index (χ1) is 9.84. The quantitative estimate of drug-likeness (QED) is 0.867. The molecule has 0 aromatic heterocycles. The summed E-state index contributed by atoms with van der Waals surface area (Å²) >= 11 is 0. The summed E-state index contributed by atoms with van der Waals surface area (Å²) in [6.45, 7) is 7.62. The molecule has 2 aliphatic rings. The lowest BCUT2D eigenvalue weighted by molar-refractivity contribution is -0.142. The summed E-state index contributed by atoms with van der Waals surface area (Å²) in [6, 6.07) is 0.243. The van der Waals surface area contributed by atoms with Gasteiger partial charge in [0.1, 0.15) is 0 Å². The molecule has 2 saturated carbocycles. The van der Waals surface area contributed by atoms with Crippen molar-refractivity contribution in [1.82, 2.24) is 4.90 Å². The van der Waals surface area contributed by atoms with Crippen molar-refractivity contribution in [3.05, 3.63) is 0 Å². The van der Waals surface area contributed by atoms with Crippen LogP contribution in [0.15, 0.2) is 0 Å². The number of hydrogen-bond donors (Lipinski definition) is 1. The van der Waals surface area contributed by atoms with Gasteiger partial charge in [-0.05, 0) is 42.9 Å². The van der Waals surface area contributed by atoms with E-state index in [1.165, 1.54) is 32.1 Å². The number of hydrogen-bond acceptors (Lipinski definition) is 2. The lowest BCUT2D eigenvalue weighted by Crippen LogP contribution is -2.52. The summed E-state index contributed by atoms with van der Waals surface area (Å²) in [5.74, 6) is 1.62. The summed E-state index contributed by atoms with van der Waals surface area (Å²) in [7, 11) is 2.01. The van der Waals surface area contributed by atoms with Crippen LogP contribution < -0.4 is 5.73 Å². The minimum absolute atomic E-state index is 0.00950. The highest BCUT2D eigenvalue weighted by Crippen LogP contribution is 2.45. The molecule has 0 aromatic carbocycles. The third-order valence-electron chi connectivity index (χ3n) is 6.43. The van der Waals surface area contributed by atoms with Gasteiger partial charge >= 0.3 is 0 Å². The van der Waals surface area contributed by atoms with Gasteiger partial charge in [0.15, 0.2) is 0 Å². The Hall–Kier alpha value is -0.570. The molecule has 0 radical (unpaired) electrons. The number of amides is 1. The van der Waals surface area contributed by atoms with Crippen LogP contribution >= 0.6 is 0 Å². The van der Waals surface area contributed by atoms with Crippen LogP contribution in [-0.4, -0.2) is 30.4 Å². The summed E-state index contributed by atoms with van der Waals surface area (Å²) in [6.07, 6.45) is 8.59. The average molecular weight is 294 g/mol. The maximum atomic E-state index is 12.9. The fourth-order valence-electron chi connectivity index (χ4n) is 4.40. The molecule has 3 atom stereocenters. The molecule has 0 aliphatic heterocycles. The molecular weight excluding hydrogens is 260 g/mol. The first-order valence-corrected chi connectivity index (χ1v) is 8.84. The van der Waals surface area contributed by atoms with Gasteiger partial charge in [0.2, 0.25) is 5.91 Å². The van der Waals surface area contributed by atoms with Crippen molar-refractivity contribution >= 4 is 5.91 Å². The molecule has 0 bridgehead atoms. The van der Waals surface area contributed by atoms with Crippen LogP contribution in [0.25, 0.3) is 0 Å². The first kappa shape index (κ1) is 16.8. The van der Waals surface area contributed by atoms with Crippen LogP contribution in [0, 0.1) is 23.2 Å². The number of nitrogens with two attached hydrogens (primary N) is 1. The molecule has 3 unspecified atom stereocenters. The SMILES string of the molecule is CC1C(N)CCC(C(=O)N(C)CC2CCCCC2)C1(C)C. The van der Waals surface area contributed by atoms with E-state index in [4.69, 9.17) is 5.73 Å². The Morgan fingerprint density at radius 2 is 1.76 bits per heavy atom. The fourth-order valence-corrected chi connectivity index (χ4v) is 4.40. The van der Waals surface area contributed by atoms with Crippen molar-refractivity contribution in [3.8, 4) is 0 Å². The molecule has 21 heavy (non-hydrogen) atoms. The topological polar surface area (TPSA) is 46.3 Å². The largest absolute Gasteiger partial charge is 0.345 e. The van der Waals surface area contributed by atoms with Gasteiger partial charge < -0.3 is 10.6 Å². The Morgan fingerprint density at radius 3 is 2.38 bits per heavy atom. The van der Waals surface area contributed by atoms with Gasteiger partial charge in [0.25, 0.3) is 0 Å². The zero-order chi connectivity index (χ0) is 15.6. The molecule has 2 fully saturated rings. The van der Waals surface area contributed by atoms with Crippen molar-refractivity contribution in [2.24, 2.45) is 28.9 Å². The van der Waals surface area contributed by atoms with Gasteiger partial charge in [-0.1, -0.05) is 40.0 Å². The maximum absolute atomic E-state index is 12.9. The highest BCUT2D eigenvalue weighted by atomic mass is 16.2. The van der Waals surface area contributed by atoms with Gasteiger partial charge in [-0.2, -0.15) is 0 Å². The van der Waals surface area contributed by atoms with E-state index in [0.717, 1.165) is 25.3 Å². The highest BCUT2D eigenvalue weighted by Gasteiger charge is 2.45. The second-order valence-corrected chi connectivity index (χ2v) is 8.13. The third kappa shape index (κ3) is 3.61. The van der Waals surface area contributed by atoms with Crippen LogP contribution in [0.5, 0.6) is 0 Å². The van der Waals surface area contributed by atoms with Crippen molar-refractivity contribution < 1.29 is 4.79 Å². The summed E-state index contributed by atoms with van der Waals surface area (Å²) < 4.78 is 0. The summed E-state index contributed by atoms with van der Waals surface area (Å²) in [5.41, 5.74) is 6.23. The maximum Gasteiger partial charge on any atom is 0.225 e. The van der Waals surface area contributed by atoms with Gasteiger partial charge in [-0.15, -0.1) is 0 Å². The molecule has 2 N–H and O–H groups in total. The fraction of sp³-hybridized carbons (Fsp3) is 0.944. The van der Waals surface area contributed by atoms with Crippen molar-refractivity contribution in [2.45, 2.75) is 71.8 Å². The molecule has 0 aromatic rings. The standard InChI is InChI=1S/C18H34N2O/c1-13-16(19)11-10-15(18(13,2)3)17(21)20(4)12-14-8-6-5-7-9-14/h13-16H,5-12,19H2,1-4H3. The van der Waals surface area contributed by atoms with Crippen molar-refractivity contribution in [3.63, 3.8) is 0 Å². The molecule has 0 heterocycles. The molecule has 0 saturated heterocycles. The number of carbonyl (C=O) groups excluding carboxylic acids is 1. The van der Waals surface area contributed by atoms with Gasteiger partial charge in [-0.3, -0.25) is 4.79 Å². The van der Waals surface area contributed by atoms with E-state index in [2.05, 4.69) is 20.8 Å². The van der Waals surface area contributed by atoms with Crippen molar-refractivity contribution in [2.75, 3.05) is 13.6 Å². The Labute approximate surface area is 130 Å². The second kappa shape index (κ2) is 6.68. The normalized spacial score (nSPS) is 33.7. The molecule has 1 amide bonds. The number of nitrogens with zero attached hydrogens (tertiary/aromatic N) is 1. The van der Waals surface area contributed by atoms with Gasteiger partial charge in [0, 0.05) is 25.6 Å². The summed E-state index contributed by atoms with van der Waals surface area (Å²) in [5, 5.41) is 0. The molecule has 0 spiro atoms. The Balaban J connectivity index is 1.97. The van der Waals surface area contributed by atoms with Crippen molar-refractivity contribution in [1.29, 1.82) is 0 Å². The van der Waals surface area contributed by atoms with Gasteiger partial charge in [-0.25, -0.2) is 0 Å². The Kier molecular flexibility index (Phi) is 5.34. The molecule has 2 aliphatic carbocycles. The highest BCUT2D eigenvalue weighted by molar-refractivity contribution is 5.79. The molecule has 2 rings (SSSR count). The van der Waals surface area contributed by atoms with Crippen LogP contribution in [0.1, 0.15) is 65.7 Å². The lowest BCUT2D eigenvalue weighted by atomic mass is 9.60. The van der Waals surface area contributed by atoms with E-state index in [0.29, 0.717) is 11.8 Å². The predicted molar refractivity (Wildman–Crippen MR) is 87.9 cm³/mol. The predicted octanol–water partition coefficient (Wildman–Crippen LogP) is 3.42. The van der Waals surface area contributed by atoms with Crippen LogP contribution in [-0.2, 0) is 4.79 Å². The second-order valence-electron chi connectivity index (χ2n) is 8.13.